The first-order chi connectivity index (χ1) is 8.10. The van der Waals surface area contributed by atoms with E-state index in [0.717, 1.165) is 18.6 Å². The zero-order valence-corrected chi connectivity index (χ0v) is 11.0. The van der Waals surface area contributed by atoms with E-state index in [-0.39, 0.29) is 0 Å². The van der Waals surface area contributed by atoms with Gasteiger partial charge in [-0.05, 0) is 44.0 Å². The van der Waals surface area contributed by atoms with Crippen LogP contribution in [0.15, 0.2) is 35.6 Å². The van der Waals surface area contributed by atoms with Crippen molar-refractivity contribution < 1.29 is 4.74 Å². The topological polar surface area (TPSA) is 12.5 Å². The van der Waals surface area contributed by atoms with E-state index in [2.05, 4.69) is 30.5 Å². The number of nitrogens with zero attached hydrogens (tertiary/aromatic N) is 1. The zero-order valence-electron chi connectivity index (χ0n) is 11.0. The second-order valence-corrected chi connectivity index (χ2v) is 4.37. The maximum atomic E-state index is 5.33. The third-order valence-corrected chi connectivity index (χ3v) is 3.22. The van der Waals surface area contributed by atoms with Crippen molar-refractivity contribution in [2.75, 3.05) is 20.7 Å². The van der Waals surface area contributed by atoms with Crippen LogP contribution in [0.5, 0.6) is 0 Å². The Hall–Kier alpha value is -1.46. The predicted molar refractivity (Wildman–Crippen MR) is 72.5 cm³/mol. The van der Waals surface area contributed by atoms with E-state index >= 15 is 0 Å². The summed E-state index contributed by atoms with van der Waals surface area (Å²) in [6.45, 7) is 6.79. The lowest BCUT2D eigenvalue weighted by atomic mass is 10.1. The standard InChI is InChI=1S/C15H21NO/c1-6-11-16(4)15-10-9-14(13(15)3)8-7-12(2)17-5/h1,7-8,15H,3,9-11H2,2,4-5H3/b12-7+,14-8-. The van der Waals surface area contributed by atoms with Crippen LogP contribution in [0.1, 0.15) is 19.8 Å². The molecule has 0 N–H and O–H groups in total. The maximum Gasteiger partial charge on any atom is 0.0924 e. The highest BCUT2D eigenvalue weighted by Crippen LogP contribution is 2.32. The summed E-state index contributed by atoms with van der Waals surface area (Å²) in [7, 11) is 3.73. The molecule has 0 bridgehead atoms. The van der Waals surface area contributed by atoms with Crippen LogP contribution in [0.3, 0.4) is 0 Å². The lowest BCUT2D eigenvalue weighted by Gasteiger charge is -2.22. The van der Waals surface area contributed by atoms with Gasteiger partial charge in [-0.2, -0.15) is 0 Å². The molecule has 0 aromatic rings. The third-order valence-electron chi connectivity index (χ3n) is 3.22. The lowest BCUT2D eigenvalue weighted by Crippen LogP contribution is -2.30. The van der Waals surface area contributed by atoms with Crippen molar-refractivity contribution in [2.24, 2.45) is 0 Å². The Balaban J connectivity index is 2.71. The van der Waals surface area contributed by atoms with Gasteiger partial charge < -0.3 is 4.74 Å². The molecule has 17 heavy (non-hydrogen) atoms. The summed E-state index contributed by atoms with van der Waals surface area (Å²) in [4.78, 5) is 2.18. The number of rotatable bonds is 4. The molecule has 0 saturated heterocycles. The molecule has 2 heteroatoms. The first kappa shape index (κ1) is 13.6. The molecule has 0 amide bonds. The first-order valence-electron chi connectivity index (χ1n) is 5.84. The average Bonchev–Trinajstić information content (AvgIpc) is 2.68. The normalized spacial score (nSPS) is 23.2. The quantitative estimate of drug-likeness (QED) is 0.545. The van der Waals surface area contributed by atoms with Crippen molar-refractivity contribution in [1.29, 1.82) is 0 Å². The fourth-order valence-electron chi connectivity index (χ4n) is 2.06. The number of ether oxygens (including phenoxy) is 1. The molecular formula is C15H21NO. The first-order valence-corrected chi connectivity index (χ1v) is 5.84. The number of terminal acetylenes is 1. The van der Waals surface area contributed by atoms with Gasteiger partial charge in [0.15, 0.2) is 0 Å². The molecular weight excluding hydrogens is 210 g/mol. The van der Waals surface area contributed by atoms with Crippen molar-refractivity contribution in [3.05, 3.63) is 35.6 Å². The maximum absolute atomic E-state index is 5.33. The lowest BCUT2D eigenvalue weighted by molar-refractivity contribution is 0.294. The van der Waals surface area contributed by atoms with Crippen molar-refractivity contribution in [2.45, 2.75) is 25.8 Å². The number of methoxy groups -OCH3 is 1. The fraction of sp³-hybridized carbons (Fsp3) is 0.467. The molecule has 1 saturated carbocycles. The van der Waals surface area contributed by atoms with Crippen LogP contribution in [-0.4, -0.2) is 31.6 Å². The van der Waals surface area contributed by atoms with Crippen LogP contribution in [0.25, 0.3) is 0 Å². The molecule has 0 aliphatic heterocycles. The molecule has 1 atom stereocenters. The molecule has 1 aliphatic rings. The third kappa shape index (κ3) is 3.51. The van der Waals surface area contributed by atoms with Crippen molar-refractivity contribution in [3.8, 4) is 12.3 Å². The Morgan fingerprint density at radius 2 is 2.41 bits per heavy atom. The molecule has 92 valence electrons. The smallest absolute Gasteiger partial charge is 0.0924 e. The van der Waals surface area contributed by atoms with Gasteiger partial charge in [-0.25, -0.2) is 0 Å². The summed E-state index contributed by atoms with van der Waals surface area (Å²) in [5.41, 5.74) is 2.48. The molecule has 0 spiro atoms. The van der Waals surface area contributed by atoms with Gasteiger partial charge in [-0.15, -0.1) is 6.42 Å². The molecule has 1 fully saturated rings. The Morgan fingerprint density at radius 3 is 3.00 bits per heavy atom. The van der Waals surface area contributed by atoms with Gasteiger partial charge in [0, 0.05) is 6.04 Å². The van der Waals surface area contributed by atoms with Gasteiger partial charge in [0.2, 0.25) is 0 Å². The second kappa shape index (κ2) is 6.32. The summed E-state index contributed by atoms with van der Waals surface area (Å²) in [6, 6.07) is 0.383. The van der Waals surface area contributed by atoms with Crippen LogP contribution in [-0.2, 0) is 4.74 Å². The second-order valence-electron chi connectivity index (χ2n) is 4.37. The van der Waals surface area contributed by atoms with Crippen LogP contribution in [0.2, 0.25) is 0 Å². The van der Waals surface area contributed by atoms with E-state index in [9.17, 15) is 0 Å². The van der Waals surface area contributed by atoms with Crippen molar-refractivity contribution in [3.63, 3.8) is 0 Å². The molecule has 1 unspecified atom stereocenters. The number of hydrogen-bond acceptors (Lipinski definition) is 2. The molecule has 0 heterocycles. The van der Waals surface area contributed by atoms with E-state index < -0.39 is 0 Å². The summed E-state index contributed by atoms with van der Waals surface area (Å²) in [5, 5.41) is 0. The van der Waals surface area contributed by atoms with Gasteiger partial charge in [0.1, 0.15) is 0 Å². The van der Waals surface area contributed by atoms with Gasteiger partial charge in [0.25, 0.3) is 0 Å². The van der Waals surface area contributed by atoms with Gasteiger partial charge in [-0.1, -0.05) is 18.6 Å². The van der Waals surface area contributed by atoms with E-state index in [0.29, 0.717) is 12.6 Å². The number of allylic oxidation sites excluding steroid dienone is 3. The summed E-state index contributed by atoms with van der Waals surface area (Å²) < 4.78 is 5.11. The fourth-order valence-corrected chi connectivity index (χ4v) is 2.06. The number of hydrogen-bond donors (Lipinski definition) is 0. The monoisotopic (exact) mass is 231 g/mol. The predicted octanol–water partition coefficient (Wildman–Crippen LogP) is 2.75. The van der Waals surface area contributed by atoms with Crippen LogP contribution >= 0.6 is 0 Å². The largest absolute Gasteiger partial charge is 0.501 e. The van der Waals surface area contributed by atoms with E-state index in [1.807, 2.05) is 13.0 Å². The SMILES string of the molecule is C#CCN(C)C1CC/C(=C/C=C(\C)OC)C1=C. The summed E-state index contributed by atoms with van der Waals surface area (Å²) in [6.07, 6.45) is 11.6. The highest BCUT2D eigenvalue weighted by atomic mass is 16.5. The van der Waals surface area contributed by atoms with Gasteiger partial charge >= 0.3 is 0 Å². The van der Waals surface area contributed by atoms with Gasteiger partial charge in [0.05, 0.1) is 19.4 Å². The molecule has 2 nitrogen and oxygen atoms in total. The van der Waals surface area contributed by atoms with E-state index in [4.69, 9.17) is 11.2 Å². The highest BCUT2D eigenvalue weighted by Gasteiger charge is 2.26. The Kier molecular flexibility index (Phi) is 5.06. The Bertz CT molecular complexity index is 384. The van der Waals surface area contributed by atoms with Gasteiger partial charge in [-0.3, -0.25) is 4.90 Å². The van der Waals surface area contributed by atoms with E-state index in [1.165, 1.54) is 11.1 Å². The van der Waals surface area contributed by atoms with Crippen LogP contribution in [0.4, 0.5) is 0 Å². The minimum Gasteiger partial charge on any atom is -0.501 e. The minimum atomic E-state index is 0.383. The van der Waals surface area contributed by atoms with Crippen molar-refractivity contribution in [1.82, 2.24) is 4.90 Å². The summed E-state index contributed by atoms with van der Waals surface area (Å²) >= 11 is 0. The summed E-state index contributed by atoms with van der Waals surface area (Å²) in [5.74, 6) is 3.58. The van der Waals surface area contributed by atoms with Crippen LogP contribution in [0, 0.1) is 12.3 Å². The van der Waals surface area contributed by atoms with Crippen LogP contribution < -0.4 is 0 Å². The Morgan fingerprint density at radius 1 is 1.71 bits per heavy atom. The molecule has 0 radical (unpaired) electrons. The highest BCUT2D eigenvalue weighted by molar-refractivity contribution is 5.40. The minimum absolute atomic E-state index is 0.383. The van der Waals surface area contributed by atoms with Crippen molar-refractivity contribution >= 4 is 0 Å². The zero-order chi connectivity index (χ0) is 12.8. The van der Waals surface area contributed by atoms with E-state index in [1.54, 1.807) is 7.11 Å². The number of likely N-dealkylation sites (N-methyl/N-ethyl adjacent to an activating group) is 1. The molecule has 1 rings (SSSR count). The Labute approximate surface area is 105 Å². The molecule has 0 aromatic heterocycles. The average molecular weight is 231 g/mol. The molecule has 1 aliphatic carbocycles. The molecule has 0 aromatic carbocycles.